The van der Waals surface area contributed by atoms with E-state index in [-0.39, 0.29) is 37.6 Å². The van der Waals surface area contributed by atoms with Crippen LogP contribution in [-0.4, -0.2) is 31.2 Å². The second-order valence-electron chi connectivity index (χ2n) is 6.52. The number of amides is 1. The third-order valence-corrected chi connectivity index (χ3v) is 5.45. The van der Waals surface area contributed by atoms with E-state index in [9.17, 15) is 22.8 Å². The van der Waals surface area contributed by atoms with Gasteiger partial charge in [0.1, 0.15) is 4.88 Å². The van der Waals surface area contributed by atoms with Crippen molar-refractivity contribution in [1.29, 1.82) is 0 Å². The molecular weight excluding hydrogens is 355 g/mol. The minimum absolute atomic E-state index is 0.0284. The number of methoxy groups -OCH3 is 1. The number of carbonyl (C=O) groups excluding carboxylic acids is 2. The highest BCUT2D eigenvalue weighted by atomic mass is 32.1. The molecule has 0 radical (unpaired) electrons. The molecule has 0 spiro atoms. The number of thiophene rings is 1. The molecule has 25 heavy (non-hydrogen) atoms. The molecule has 1 amide bonds. The van der Waals surface area contributed by atoms with Gasteiger partial charge in [0, 0.05) is 12.0 Å². The van der Waals surface area contributed by atoms with Gasteiger partial charge in [-0.2, -0.15) is 13.2 Å². The highest BCUT2D eigenvalue weighted by Gasteiger charge is 2.43. The Morgan fingerprint density at radius 1 is 1.24 bits per heavy atom. The van der Waals surface area contributed by atoms with Crippen molar-refractivity contribution < 1.29 is 27.5 Å². The zero-order valence-electron chi connectivity index (χ0n) is 14.4. The van der Waals surface area contributed by atoms with Gasteiger partial charge in [-0.1, -0.05) is 0 Å². The fourth-order valence-corrected chi connectivity index (χ4v) is 4.05. The summed E-state index contributed by atoms with van der Waals surface area (Å²) in [4.78, 5) is 26.7. The second-order valence-corrected chi connectivity index (χ2v) is 7.43. The number of esters is 1. The quantitative estimate of drug-likeness (QED) is 0.718. The Labute approximate surface area is 149 Å². The fraction of sp³-hybridized carbons (Fsp3) is 0.647. The van der Waals surface area contributed by atoms with Crippen LogP contribution in [0.3, 0.4) is 0 Å². The molecule has 2 rings (SSSR count). The average molecular weight is 377 g/mol. The van der Waals surface area contributed by atoms with Gasteiger partial charge in [-0.3, -0.25) is 4.79 Å². The largest absolute Gasteiger partial charge is 0.465 e. The number of alkyl halides is 3. The lowest BCUT2D eigenvalue weighted by atomic mass is 9.81. The van der Waals surface area contributed by atoms with Crippen molar-refractivity contribution >= 4 is 28.9 Å². The van der Waals surface area contributed by atoms with E-state index < -0.39 is 24.0 Å². The molecule has 4 nitrogen and oxygen atoms in total. The third-order valence-electron chi connectivity index (χ3n) is 4.57. The summed E-state index contributed by atoms with van der Waals surface area (Å²) < 4.78 is 43.2. The van der Waals surface area contributed by atoms with E-state index in [1.807, 2.05) is 13.8 Å². The van der Waals surface area contributed by atoms with Crippen LogP contribution in [0.2, 0.25) is 0 Å². The standard InChI is InChI=1S/C17H22F3NO3S/c1-10(2)21(13-8-9-25-14(13)16(23)24-3)15(22)11-4-6-12(7-5-11)17(18,19)20/h8-12H,4-7H2,1-3H3. The maximum absolute atomic E-state index is 13.0. The van der Waals surface area contributed by atoms with Crippen molar-refractivity contribution in [3.8, 4) is 0 Å². The molecule has 0 unspecified atom stereocenters. The lowest BCUT2D eigenvalue weighted by Crippen LogP contribution is -2.43. The normalized spacial score (nSPS) is 21.2. The van der Waals surface area contributed by atoms with E-state index in [1.54, 1.807) is 11.4 Å². The van der Waals surface area contributed by atoms with E-state index in [0.717, 1.165) is 0 Å². The van der Waals surface area contributed by atoms with Gasteiger partial charge in [-0.25, -0.2) is 4.79 Å². The number of hydrogen-bond acceptors (Lipinski definition) is 4. The van der Waals surface area contributed by atoms with E-state index in [2.05, 4.69) is 0 Å². The molecule has 1 saturated carbocycles. The molecule has 0 bridgehead atoms. The molecule has 0 aromatic carbocycles. The summed E-state index contributed by atoms with van der Waals surface area (Å²) in [6.07, 6.45) is -3.83. The minimum Gasteiger partial charge on any atom is -0.465 e. The van der Waals surface area contributed by atoms with Crippen LogP contribution in [0.4, 0.5) is 18.9 Å². The minimum atomic E-state index is -4.20. The van der Waals surface area contributed by atoms with Crippen LogP contribution in [0.5, 0.6) is 0 Å². The Morgan fingerprint density at radius 3 is 2.32 bits per heavy atom. The Morgan fingerprint density at radius 2 is 1.84 bits per heavy atom. The molecular formula is C17H22F3NO3S. The van der Waals surface area contributed by atoms with Crippen molar-refractivity contribution in [2.75, 3.05) is 12.0 Å². The van der Waals surface area contributed by atoms with Crippen molar-refractivity contribution in [2.45, 2.75) is 51.7 Å². The zero-order valence-corrected chi connectivity index (χ0v) is 15.2. The van der Waals surface area contributed by atoms with Gasteiger partial charge in [0.15, 0.2) is 0 Å². The molecule has 0 N–H and O–H groups in total. The number of carbonyl (C=O) groups is 2. The molecule has 1 fully saturated rings. The molecule has 8 heteroatoms. The van der Waals surface area contributed by atoms with Crippen LogP contribution in [0.25, 0.3) is 0 Å². The predicted molar refractivity (Wildman–Crippen MR) is 89.8 cm³/mol. The summed E-state index contributed by atoms with van der Waals surface area (Å²) in [5.74, 6) is -2.52. The van der Waals surface area contributed by atoms with E-state index >= 15 is 0 Å². The number of rotatable bonds is 4. The first-order chi connectivity index (χ1) is 11.7. The van der Waals surface area contributed by atoms with Gasteiger partial charge in [0.05, 0.1) is 18.7 Å². The summed E-state index contributed by atoms with van der Waals surface area (Å²) in [5, 5.41) is 1.70. The topological polar surface area (TPSA) is 46.6 Å². The van der Waals surface area contributed by atoms with Gasteiger partial charge >= 0.3 is 12.1 Å². The Bertz CT molecular complexity index is 619. The highest BCUT2D eigenvalue weighted by molar-refractivity contribution is 7.12. The average Bonchev–Trinajstić information content (AvgIpc) is 3.02. The molecule has 0 saturated heterocycles. The van der Waals surface area contributed by atoms with Gasteiger partial charge in [-0.15, -0.1) is 11.3 Å². The SMILES string of the molecule is COC(=O)c1sccc1N(C(=O)C1CCC(C(F)(F)F)CC1)C(C)C. The maximum atomic E-state index is 13.0. The lowest BCUT2D eigenvalue weighted by Gasteiger charge is -2.34. The van der Waals surface area contributed by atoms with Gasteiger partial charge in [0.25, 0.3) is 0 Å². The molecule has 1 aliphatic rings. The molecule has 140 valence electrons. The maximum Gasteiger partial charge on any atom is 0.391 e. The first kappa shape index (κ1) is 19.8. The van der Waals surface area contributed by atoms with Crippen molar-refractivity contribution in [1.82, 2.24) is 0 Å². The molecule has 1 aliphatic carbocycles. The first-order valence-corrected chi connectivity index (χ1v) is 9.10. The summed E-state index contributed by atoms with van der Waals surface area (Å²) >= 11 is 1.18. The van der Waals surface area contributed by atoms with Crippen molar-refractivity contribution in [3.63, 3.8) is 0 Å². The Balaban J connectivity index is 2.18. The molecule has 0 aliphatic heterocycles. The van der Waals surface area contributed by atoms with Crippen LogP contribution in [0.15, 0.2) is 11.4 Å². The number of ether oxygens (including phenoxy) is 1. The van der Waals surface area contributed by atoms with Gasteiger partial charge < -0.3 is 9.64 Å². The third kappa shape index (κ3) is 4.34. The Hall–Kier alpha value is -1.57. The number of anilines is 1. The van der Waals surface area contributed by atoms with Gasteiger partial charge in [-0.05, 0) is 51.0 Å². The number of hydrogen-bond donors (Lipinski definition) is 0. The first-order valence-electron chi connectivity index (χ1n) is 8.22. The summed E-state index contributed by atoms with van der Waals surface area (Å²) in [7, 11) is 1.27. The molecule has 0 atom stereocenters. The highest BCUT2D eigenvalue weighted by Crippen LogP contribution is 2.41. The van der Waals surface area contributed by atoms with Crippen molar-refractivity contribution in [2.24, 2.45) is 11.8 Å². The zero-order chi connectivity index (χ0) is 18.8. The van der Waals surface area contributed by atoms with E-state index in [1.165, 1.54) is 23.3 Å². The monoisotopic (exact) mass is 377 g/mol. The number of halogens is 3. The Kier molecular flexibility index (Phi) is 6.13. The predicted octanol–water partition coefficient (Wildman–Crippen LogP) is 4.64. The van der Waals surface area contributed by atoms with Crippen molar-refractivity contribution in [3.05, 3.63) is 16.3 Å². The molecule has 1 heterocycles. The van der Waals surface area contributed by atoms with Gasteiger partial charge in [0.2, 0.25) is 5.91 Å². The lowest BCUT2D eigenvalue weighted by molar-refractivity contribution is -0.184. The molecule has 1 aromatic heterocycles. The molecule has 1 aromatic rings. The van der Waals surface area contributed by atoms with Crippen LogP contribution in [-0.2, 0) is 9.53 Å². The summed E-state index contributed by atoms with van der Waals surface area (Å²) in [6.45, 7) is 3.63. The van der Waals surface area contributed by atoms with E-state index in [0.29, 0.717) is 10.6 Å². The summed E-state index contributed by atoms with van der Waals surface area (Å²) in [5.41, 5.74) is 0.467. The van der Waals surface area contributed by atoms with Crippen LogP contribution in [0.1, 0.15) is 49.2 Å². The fourth-order valence-electron chi connectivity index (χ4n) is 3.25. The van der Waals surface area contributed by atoms with Crippen LogP contribution < -0.4 is 4.90 Å². The van der Waals surface area contributed by atoms with Crippen LogP contribution in [0, 0.1) is 11.8 Å². The van der Waals surface area contributed by atoms with E-state index in [4.69, 9.17) is 4.74 Å². The smallest absolute Gasteiger partial charge is 0.391 e. The second kappa shape index (κ2) is 7.76. The summed E-state index contributed by atoms with van der Waals surface area (Å²) in [6, 6.07) is 1.46. The number of nitrogens with zero attached hydrogens (tertiary/aromatic N) is 1. The van der Waals surface area contributed by atoms with Crippen LogP contribution >= 0.6 is 11.3 Å².